The van der Waals surface area contributed by atoms with E-state index in [2.05, 4.69) is 22.2 Å². The van der Waals surface area contributed by atoms with Crippen molar-refractivity contribution >= 4 is 11.9 Å². The van der Waals surface area contributed by atoms with E-state index in [0.29, 0.717) is 11.6 Å². The first kappa shape index (κ1) is 23.0. The fourth-order valence-corrected chi connectivity index (χ4v) is 6.44. The Bertz CT molecular complexity index is 1410. The van der Waals surface area contributed by atoms with Crippen molar-refractivity contribution in [2.24, 2.45) is 16.4 Å². The topological polar surface area (TPSA) is 132 Å². The summed E-state index contributed by atoms with van der Waals surface area (Å²) < 4.78 is 28.8. The number of nitrogens with two attached hydrogens (primary N) is 1. The molecule has 0 spiro atoms. The minimum Gasteiger partial charge on any atom is -0.393 e. The van der Waals surface area contributed by atoms with Crippen molar-refractivity contribution in [2.45, 2.75) is 30.8 Å². The Labute approximate surface area is 205 Å². The fourth-order valence-electron chi connectivity index (χ4n) is 6.44. The molecule has 2 unspecified atom stereocenters. The van der Waals surface area contributed by atoms with E-state index in [9.17, 15) is 13.9 Å². The van der Waals surface area contributed by atoms with Gasteiger partial charge < -0.3 is 10.2 Å². The van der Waals surface area contributed by atoms with E-state index >= 15 is 0 Å². The van der Waals surface area contributed by atoms with Crippen LogP contribution in [0.15, 0.2) is 47.6 Å². The van der Waals surface area contributed by atoms with Gasteiger partial charge in [0.15, 0.2) is 0 Å². The highest BCUT2D eigenvalue weighted by molar-refractivity contribution is 6.35. The van der Waals surface area contributed by atoms with E-state index in [1.165, 1.54) is 29.8 Å². The minimum absolute atomic E-state index is 0.0907. The normalized spacial score (nSPS) is 27.9. The van der Waals surface area contributed by atoms with Crippen molar-refractivity contribution in [3.05, 3.63) is 76.7 Å². The number of rotatable bonds is 8. The second-order valence-corrected chi connectivity index (χ2v) is 9.96. The van der Waals surface area contributed by atoms with Crippen LogP contribution in [0.5, 0.6) is 0 Å². The van der Waals surface area contributed by atoms with E-state index in [1.54, 1.807) is 12.1 Å². The number of pyridine rings is 1. The van der Waals surface area contributed by atoms with E-state index in [1.807, 2.05) is 12.1 Å². The number of hydrogen-bond acceptors (Lipinski definition) is 7. The summed E-state index contributed by atoms with van der Waals surface area (Å²) in [5, 5.41) is 39.5. The monoisotopic (exact) mass is 491 g/mol. The van der Waals surface area contributed by atoms with Crippen LogP contribution < -0.4 is 5.43 Å². The number of aromatic nitrogens is 3. The lowest BCUT2D eigenvalue weighted by Crippen LogP contribution is -2.81. The number of benzene rings is 1. The Morgan fingerprint density at radius 1 is 1.25 bits per heavy atom. The molecule has 2 aromatic heterocycles. The molecule has 0 amide bonds. The predicted octanol–water partition coefficient (Wildman–Crippen LogP) is 1.51. The zero-order chi connectivity index (χ0) is 25.2. The molecular weight excluding hydrogens is 466 g/mol. The fraction of sp³-hybridized carbons (Fsp3) is 0.346. The molecule has 0 bridgehead atoms. The van der Waals surface area contributed by atoms with Gasteiger partial charge in [0.25, 0.3) is 0 Å². The van der Waals surface area contributed by atoms with E-state index in [4.69, 9.17) is 15.5 Å². The van der Waals surface area contributed by atoms with Crippen LogP contribution in [0, 0.1) is 28.4 Å². The van der Waals surface area contributed by atoms with Crippen LogP contribution >= 0.6 is 0 Å². The Morgan fingerprint density at radius 3 is 2.75 bits per heavy atom. The highest BCUT2D eigenvalue weighted by atomic mass is 19.1. The van der Waals surface area contributed by atoms with Crippen molar-refractivity contribution < 1.29 is 24.4 Å². The predicted molar refractivity (Wildman–Crippen MR) is 127 cm³/mol. The first-order chi connectivity index (χ1) is 17.3. The van der Waals surface area contributed by atoms with Gasteiger partial charge >= 0.3 is 0 Å². The summed E-state index contributed by atoms with van der Waals surface area (Å²) in [6.45, 7) is 2.04. The smallest absolute Gasteiger partial charge is 0.135 e. The van der Waals surface area contributed by atoms with Crippen molar-refractivity contribution in [2.75, 3.05) is 13.2 Å². The molecule has 0 saturated heterocycles. The number of fused-ring (bicyclic) bond motifs is 4. The van der Waals surface area contributed by atoms with Gasteiger partial charge in [0, 0.05) is 0 Å². The standard InChI is InChI=1S/C26H24F2N6O2/c1-25-15-9-26(25,21-7-3-6-19(32-21)18(29)11-31-30-10-13(36)12-35)24-14(23(15)25)8-20(33-34-24)22-16(27)4-2-5-17(22)28/h2-8,11,13,15,23,29-30,35-36H,9-10,12H2,1H3/p+1/b29-18?,31-11-/t13-,15?,23+,25?,26-/m0/s1. The van der Waals surface area contributed by atoms with Gasteiger partial charge in [-0.25, -0.2) is 14.2 Å². The summed E-state index contributed by atoms with van der Waals surface area (Å²) in [5.74, 6) is -0.654. The number of nitrogens with one attached hydrogen (secondary N) is 1. The number of aliphatic hydroxyl groups is 2. The molecule has 6 rings (SSSR count). The van der Waals surface area contributed by atoms with E-state index in [0.717, 1.165) is 23.4 Å². The van der Waals surface area contributed by atoms with E-state index in [-0.39, 0.29) is 41.5 Å². The molecule has 36 heavy (non-hydrogen) atoms. The number of hydrogen-bond donors (Lipinski definition) is 4. The van der Waals surface area contributed by atoms with Crippen LogP contribution in [0.3, 0.4) is 0 Å². The van der Waals surface area contributed by atoms with Crippen LogP contribution in [-0.4, -0.2) is 56.6 Å². The summed E-state index contributed by atoms with van der Waals surface area (Å²) in [7, 11) is 0. The average Bonchev–Trinajstić information content (AvgIpc) is 3.31. The molecule has 5 N–H and O–H groups in total. The molecule has 5 atom stereocenters. The molecule has 3 aliphatic carbocycles. The largest absolute Gasteiger partial charge is 0.393 e. The van der Waals surface area contributed by atoms with Crippen molar-refractivity contribution in [1.29, 1.82) is 5.41 Å². The van der Waals surface area contributed by atoms with Crippen LogP contribution in [0.1, 0.15) is 41.9 Å². The first-order valence-electron chi connectivity index (χ1n) is 11.9. The summed E-state index contributed by atoms with van der Waals surface area (Å²) >= 11 is 0. The third-order valence-corrected chi connectivity index (χ3v) is 8.30. The van der Waals surface area contributed by atoms with Crippen molar-refractivity contribution in [3.8, 4) is 11.3 Å². The van der Waals surface area contributed by atoms with Gasteiger partial charge in [-0.15, -0.1) is 5.10 Å². The summed E-state index contributed by atoms with van der Waals surface area (Å²) in [6, 6.07) is 11.1. The third-order valence-electron chi connectivity index (χ3n) is 8.30. The zero-order valence-corrected chi connectivity index (χ0v) is 19.5. The Morgan fingerprint density at radius 2 is 2.00 bits per heavy atom. The van der Waals surface area contributed by atoms with Gasteiger partial charge in [0.2, 0.25) is 0 Å². The Hall–Kier alpha value is -3.47. The SMILES string of the molecule is CC12C3C[C@]1(c1cccc(C(=N)/C=N\[NH2+]C[C@H](O)CO)n1)c1nnc(-c4c(F)cccc4F)cc1[C@H]32. The molecule has 8 nitrogen and oxygen atoms in total. The lowest BCUT2D eigenvalue weighted by molar-refractivity contribution is -0.666. The van der Waals surface area contributed by atoms with Crippen molar-refractivity contribution in [1.82, 2.24) is 15.2 Å². The second-order valence-electron chi connectivity index (χ2n) is 9.96. The Kier molecular flexibility index (Phi) is 5.12. The molecule has 0 aliphatic heterocycles. The molecule has 2 fully saturated rings. The molecule has 3 aromatic rings. The van der Waals surface area contributed by atoms with Gasteiger partial charge in [-0.2, -0.15) is 5.10 Å². The Balaban J connectivity index is 1.33. The number of quaternary nitrogens is 1. The maximum Gasteiger partial charge on any atom is 0.135 e. The maximum absolute atomic E-state index is 14.4. The number of halogens is 2. The molecule has 0 radical (unpaired) electrons. The van der Waals surface area contributed by atoms with Gasteiger partial charge in [-0.05, 0) is 59.6 Å². The molecule has 1 aromatic carbocycles. The van der Waals surface area contributed by atoms with Crippen LogP contribution in [0.4, 0.5) is 8.78 Å². The molecule has 2 saturated carbocycles. The average molecular weight is 492 g/mol. The molecule has 3 aliphatic rings. The van der Waals surface area contributed by atoms with Crippen molar-refractivity contribution in [3.63, 3.8) is 0 Å². The molecule has 10 heteroatoms. The highest BCUT2D eigenvalue weighted by Crippen LogP contribution is 2.90. The molecule has 2 heterocycles. The summed E-state index contributed by atoms with van der Waals surface area (Å²) in [4.78, 5) is 4.82. The second kappa shape index (κ2) is 8.02. The number of aliphatic hydroxyl groups excluding tert-OH is 2. The molecule has 184 valence electrons. The number of nitrogens with zero attached hydrogens (tertiary/aromatic N) is 4. The maximum atomic E-state index is 14.4. The quantitative estimate of drug-likeness (QED) is 0.216. The summed E-state index contributed by atoms with van der Waals surface area (Å²) in [6.07, 6.45) is 1.35. The van der Waals surface area contributed by atoms with Gasteiger partial charge in [0.1, 0.15) is 36.2 Å². The lowest BCUT2D eigenvalue weighted by atomic mass is 9.57. The van der Waals surface area contributed by atoms with Crippen LogP contribution in [0.2, 0.25) is 0 Å². The zero-order valence-electron chi connectivity index (χ0n) is 19.5. The van der Waals surface area contributed by atoms with Crippen LogP contribution in [-0.2, 0) is 5.41 Å². The van der Waals surface area contributed by atoms with Gasteiger partial charge in [-0.3, -0.25) is 10.4 Å². The lowest BCUT2D eigenvalue weighted by Gasteiger charge is -2.46. The van der Waals surface area contributed by atoms with Gasteiger partial charge in [0.05, 0.1) is 40.4 Å². The van der Waals surface area contributed by atoms with E-state index < -0.39 is 23.2 Å². The first-order valence-corrected chi connectivity index (χ1v) is 11.9. The highest BCUT2D eigenvalue weighted by Gasteiger charge is 2.87. The third kappa shape index (κ3) is 2.98. The summed E-state index contributed by atoms with van der Waals surface area (Å²) in [5.41, 5.74) is 4.08. The van der Waals surface area contributed by atoms with Gasteiger partial charge in [-0.1, -0.05) is 24.2 Å². The minimum atomic E-state index is -0.880. The molecular formula is C26H25F2N6O2+. The van der Waals surface area contributed by atoms with Crippen LogP contribution in [0.25, 0.3) is 11.3 Å².